The number of hydrogen-bond donors (Lipinski definition) is 1. The van der Waals surface area contributed by atoms with Crippen LogP contribution in [0.4, 0.5) is 0 Å². The maximum Gasteiger partial charge on any atom is 0.306 e. The maximum atomic E-state index is 11.5. The Morgan fingerprint density at radius 1 is 1.26 bits per heavy atom. The summed E-state index contributed by atoms with van der Waals surface area (Å²) in [7, 11) is 0. The largest absolute Gasteiger partial charge is 0.463 e. The first-order valence-electron chi connectivity index (χ1n) is 6.59. The van der Waals surface area contributed by atoms with Crippen molar-refractivity contribution < 1.29 is 14.3 Å². The van der Waals surface area contributed by atoms with Crippen LogP contribution < -0.4 is 0 Å². The Bertz CT molecular complexity index is 533. The summed E-state index contributed by atoms with van der Waals surface area (Å²) in [6, 6.07) is 8.07. The standard InChI is InChI=1S/C15H19NO3/c1-2-18-9-10-19-15(17)8-7-12-11-16-14-6-4-3-5-13(12)14/h3-6,11,16H,2,7-10H2,1H3. The summed E-state index contributed by atoms with van der Waals surface area (Å²) in [5.74, 6) is -0.176. The molecule has 2 rings (SSSR count). The van der Waals surface area contributed by atoms with Gasteiger partial charge in [0.1, 0.15) is 6.61 Å². The Balaban J connectivity index is 1.80. The van der Waals surface area contributed by atoms with Gasteiger partial charge in [-0.1, -0.05) is 18.2 Å². The number of ether oxygens (including phenoxy) is 2. The lowest BCUT2D eigenvalue weighted by molar-refractivity contribution is -0.145. The SMILES string of the molecule is CCOCCOC(=O)CCc1c[nH]c2ccccc12. The lowest BCUT2D eigenvalue weighted by Crippen LogP contribution is -2.11. The number of aromatic amines is 1. The second-order valence-corrected chi connectivity index (χ2v) is 4.28. The highest BCUT2D eigenvalue weighted by Gasteiger charge is 2.07. The number of carbonyl (C=O) groups is 1. The minimum absolute atomic E-state index is 0.176. The Kier molecular flexibility index (Phi) is 4.98. The van der Waals surface area contributed by atoms with Crippen LogP contribution in [0.3, 0.4) is 0 Å². The second kappa shape index (κ2) is 6.95. The first-order chi connectivity index (χ1) is 9.31. The van der Waals surface area contributed by atoms with Crippen LogP contribution in [0.25, 0.3) is 10.9 Å². The molecule has 0 amide bonds. The summed E-state index contributed by atoms with van der Waals surface area (Å²) < 4.78 is 10.2. The van der Waals surface area contributed by atoms with E-state index in [1.165, 1.54) is 5.39 Å². The van der Waals surface area contributed by atoms with Gasteiger partial charge in [-0.25, -0.2) is 0 Å². The molecule has 1 aromatic heterocycles. The molecule has 1 heterocycles. The normalized spacial score (nSPS) is 10.8. The van der Waals surface area contributed by atoms with Crippen LogP contribution in [-0.2, 0) is 20.7 Å². The van der Waals surface area contributed by atoms with E-state index in [-0.39, 0.29) is 5.97 Å². The highest BCUT2D eigenvalue weighted by atomic mass is 16.6. The molecule has 0 atom stereocenters. The van der Waals surface area contributed by atoms with Crippen LogP contribution in [0, 0.1) is 0 Å². The van der Waals surface area contributed by atoms with Crippen LogP contribution in [-0.4, -0.2) is 30.8 Å². The van der Waals surface area contributed by atoms with Crippen LogP contribution in [0.15, 0.2) is 30.5 Å². The molecule has 0 saturated heterocycles. The Labute approximate surface area is 112 Å². The minimum Gasteiger partial charge on any atom is -0.463 e. The number of rotatable bonds is 7. The summed E-state index contributed by atoms with van der Waals surface area (Å²) in [5, 5.41) is 1.17. The lowest BCUT2D eigenvalue weighted by Gasteiger charge is -2.04. The number of para-hydroxylation sites is 1. The average Bonchev–Trinajstić information content (AvgIpc) is 2.85. The van der Waals surface area contributed by atoms with E-state index in [1.54, 1.807) is 0 Å². The van der Waals surface area contributed by atoms with Crippen molar-refractivity contribution in [1.82, 2.24) is 4.98 Å². The van der Waals surface area contributed by atoms with Crippen molar-refractivity contribution in [2.45, 2.75) is 19.8 Å². The van der Waals surface area contributed by atoms with E-state index in [9.17, 15) is 4.79 Å². The van der Waals surface area contributed by atoms with Crippen LogP contribution in [0.1, 0.15) is 18.9 Å². The van der Waals surface area contributed by atoms with E-state index in [0.717, 1.165) is 11.1 Å². The van der Waals surface area contributed by atoms with E-state index < -0.39 is 0 Å². The number of H-pyrrole nitrogens is 1. The number of esters is 1. The van der Waals surface area contributed by atoms with Crippen molar-refractivity contribution in [3.8, 4) is 0 Å². The molecule has 0 fully saturated rings. The number of aryl methyl sites for hydroxylation is 1. The first kappa shape index (κ1) is 13.6. The molecule has 0 spiro atoms. The average molecular weight is 261 g/mol. The fourth-order valence-corrected chi connectivity index (χ4v) is 2.01. The van der Waals surface area contributed by atoms with Gasteiger partial charge in [-0.15, -0.1) is 0 Å². The van der Waals surface area contributed by atoms with Gasteiger partial charge >= 0.3 is 5.97 Å². The molecular weight excluding hydrogens is 242 g/mol. The van der Waals surface area contributed by atoms with Crippen LogP contribution in [0.2, 0.25) is 0 Å². The summed E-state index contributed by atoms with van der Waals surface area (Å²) >= 11 is 0. The first-order valence-corrected chi connectivity index (χ1v) is 6.59. The molecule has 4 nitrogen and oxygen atoms in total. The summed E-state index contributed by atoms with van der Waals surface area (Å²) in [4.78, 5) is 14.7. The third-order valence-electron chi connectivity index (χ3n) is 2.97. The molecule has 0 bridgehead atoms. The number of carbonyl (C=O) groups excluding carboxylic acids is 1. The second-order valence-electron chi connectivity index (χ2n) is 4.28. The predicted molar refractivity (Wildman–Crippen MR) is 74.1 cm³/mol. The quantitative estimate of drug-likeness (QED) is 0.616. The fourth-order valence-electron chi connectivity index (χ4n) is 2.01. The van der Waals surface area contributed by atoms with Crippen molar-refractivity contribution >= 4 is 16.9 Å². The molecule has 2 aromatic rings. The lowest BCUT2D eigenvalue weighted by atomic mass is 10.1. The van der Waals surface area contributed by atoms with Crippen molar-refractivity contribution in [2.75, 3.05) is 19.8 Å². The highest BCUT2D eigenvalue weighted by Crippen LogP contribution is 2.18. The fraction of sp³-hybridized carbons (Fsp3) is 0.400. The molecule has 0 radical (unpaired) electrons. The van der Waals surface area contributed by atoms with Gasteiger partial charge in [-0.05, 0) is 25.0 Å². The minimum atomic E-state index is -0.176. The number of nitrogens with one attached hydrogen (secondary N) is 1. The predicted octanol–water partition coefficient (Wildman–Crippen LogP) is 2.68. The van der Waals surface area contributed by atoms with Crippen molar-refractivity contribution in [2.24, 2.45) is 0 Å². The third-order valence-corrected chi connectivity index (χ3v) is 2.97. The molecule has 1 N–H and O–H groups in total. The molecule has 4 heteroatoms. The van der Waals surface area contributed by atoms with Crippen LogP contribution in [0.5, 0.6) is 0 Å². The molecule has 102 valence electrons. The number of hydrogen-bond acceptors (Lipinski definition) is 3. The zero-order valence-corrected chi connectivity index (χ0v) is 11.1. The van der Waals surface area contributed by atoms with Gasteiger partial charge in [0, 0.05) is 30.1 Å². The zero-order valence-electron chi connectivity index (χ0n) is 11.1. The van der Waals surface area contributed by atoms with Gasteiger partial charge < -0.3 is 14.5 Å². The van der Waals surface area contributed by atoms with E-state index in [1.807, 2.05) is 31.3 Å². The topological polar surface area (TPSA) is 51.3 Å². The van der Waals surface area contributed by atoms with Crippen molar-refractivity contribution in [3.63, 3.8) is 0 Å². The molecule has 0 aliphatic carbocycles. The van der Waals surface area contributed by atoms with Crippen molar-refractivity contribution in [1.29, 1.82) is 0 Å². The molecule has 19 heavy (non-hydrogen) atoms. The van der Waals surface area contributed by atoms with E-state index in [4.69, 9.17) is 9.47 Å². The Hall–Kier alpha value is -1.81. The molecular formula is C15H19NO3. The van der Waals surface area contributed by atoms with E-state index in [0.29, 0.717) is 32.7 Å². The molecule has 1 aromatic carbocycles. The van der Waals surface area contributed by atoms with Gasteiger partial charge in [-0.3, -0.25) is 4.79 Å². The molecule has 0 saturated carbocycles. The number of aromatic nitrogens is 1. The molecule has 0 unspecified atom stereocenters. The van der Waals surface area contributed by atoms with Crippen molar-refractivity contribution in [3.05, 3.63) is 36.0 Å². The number of fused-ring (bicyclic) bond motifs is 1. The van der Waals surface area contributed by atoms with Crippen LogP contribution >= 0.6 is 0 Å². The monoisotopic (exact) mass is 261 g/mol. The summed E-state index contributed by atoms with van der Waals surface area (Å²) in [5.41, 5.74) is 2.25. The highest BCUT2D eigenvalue weighted by molar-refractivity contribution is 5.83. The van der Waals surface area contributed by atoms with Gasteiger partial charge in [0.15, 0.2) is 0 Å². The van der Waals surface area contributed by atoms with Gasteiger partial charge in [0.05, 0.1) is 6.61 Å². The van der Waals surface area contributed by atoms with E-state index >= 15 is 0 Å². The smallest absolute Gasteiger partial charge is 0.306 e. The van der Waals surface area contributed by atoms with Gasteiger partial charge in [-0.2, -0.15) is 0 Å². The molecule has 0 aliphatic heterocycles. The Morgan fingerprint density at radius 2 is 2.11 bits per heavy atom. The number of benzene rings is 1. The molecule has 0 aliphatic rings. The summed E-state index contributed by atoms with van der Waals surface area (Å²) in [6.45, 7) is 3.36. The Morgan fingerprint density at radius 3 is 2.95 bits per heavy atom. The summed E-state index contributed by atoms with van der Waals surface area (Å²) in [6.07, 6.45) is 3.05. The third kappa shape index (κ3) is 3.83. The zero-order chi connectivity index (χ0) is 13.5. The maximum absolute atomic E-state index is 11.5. The van der Waals surface area contributed by atoms with Gasteiger partial charge in [0.25, 0.3) is 0 Å². The van der Waals surface area contributed by atoms with E-state index in [2.05, 4.69) is 11.1 Å². The van der Waals surface area contributed by atoms with Gasteiger partial charge in [0.2, 0.25) is 0 Å².